The van der Waals surface area contributed by atoms with Gasteiger partial charge in [-0.15, -0.1) is 0 Å². The summed E-state index contributed by atoms with van der Waals surface area (Å²) >= 11 is 3.51. The van der Waals surface area contributed by atoms with Gasteiger partial charge >= 0.3 is 0 Å². The smallest absolute Gasteiger partial charge is 0.142 e. The van der Waals surface area contributed by atoms with Gasteiger partial charge in [0.2, 0.25) is 0 Å². The molecule has 0 heterocycles. The Hall–Kier alpha value is -3.36. The highest BCUT2D eigenvalue weighted by molar-refractivity contribution is 9.10. The number of hydrogen-bond acceptors (Lipinski definition) is 7. The maximum absolute atomic E-state index is 11.1. The normalized spacial score (nSPS) is 14.3. The van der Waals surface area contributed by atoms with Gasteiger partial charge in [0.05, 0.1) is 32.9 Å². The number of halogens is 1. The molecule has 1 N–H and O–H groups in total. The fourth-order valence-corrected chi connectivity index (χ4v) is 13.2. The van der Waals surface area contributed by atoms with Crippen LogP contribution in [0.2, 0.25) is 0 Å². The lowest BCUT2D eigenvalue weighted by molar-refractivity contribution is -0.104. The second-order valence-electron chi connectivity index (χ2n) is 29.4. The van der Waals surface area contributed by atoms with Gasteiger partial charge in [-0.2, -0.15) is 0 Å². The highest BCUT2D eigenvalue weighted by atomic mass is 79.9. The lowest BCUT2D eigenvalue weighted by Gasteiger charge is -2.22. The minimum atomic E-state index is -0.697. The summed E-state index contributed by atoms with van der Waals surface area (Å²) in [5.74, 6) is 11.0. The molecule has 2 aromatic carbocycles. The number of carbonyl (C=O) groups excluding carboxylic acids is 2. The number of carbonyl (C=O) groups is 2. The van der Waals surface area contributed by atoms with Crippen molar-refractivity contribution in [3.63, 3.8) is 0 Å². The van der Waals surface area contributed by atoms with Gasteiger partial charge in [-0.25, -0.2) is 0 Å². The lowest BCUT2D eigenvalue weighted by Crippen LogP contribution is -2.07. The zero-order valence-electron chi connectivity index (χ0n) is 63.5. The molecule has 7 nitrogen and oxygen atoms in total. The zero-order valence-corrected chi connectivity index (χ0v) is 65.1. The lowest BCUT2D eigenvalue weighted by atomic mass is 9.91. The predicted octanol–water partition coefficient (Wildman–Crippen LogP) is 25.6. The Morgan fingerprint density at radius 1 is 0.356 bits per heavy atom. The summed E-state index contributed by atoms with van der Waals surface area (Å²) in [6.45, 7) is 46.7. The molecule has 522 valence electrons. The number of aliphatic hydroxyl groups excluding tert-OH is 1. The molecule has 2 rings (SSSR count). The Balaban J connectivity index is 0. The first-order chi connectivity index (χ1) is 42.5. The molecular weight excluding hydrogens is 1180 g/mol. The van der Waals surface area contributed by atoms with E-state index in [1.165, 1.54) is 171 Å². The van der Waals surface area contributed by atoms with Gasteiger partial charge < -0.3 is 24.1 Å². The molecule has 8 heteroatoms. The van der Waals surface area contributed by atoms with E-state index in [2.05, 4.69) is 120 Å². The van der Waals surface area contributed by atoms with Gasteiger partial charge in [-0.05, 0) is 204 Å². The molecule has 0 aliphatic rings. The number of aliphatic hydroxyl groups is 1. The average Bonchev–Trinajstić information content (AvgIpc) is 0.998. The first kappa shape index (κ1) is 88.7. The number of rotatable bonds is 44. The van der Waals surface area contributed by atoms with Crippen LogP contribution in [0, 0.1) is 94.8 Å². The Bertz CT molecular complexity index is 2160. The highest BCUT2D eigenvalue weighted by Gasteiger charge is 2.23. The zero-order chi connectivity index (χ0) is 68.9. The summed E-state index contributed by atoms with van der Waals surface area (Å²) in [6, 6.07) is 0. The SMILES string of the molecule is CC(=CC=O)CCCC(C)CCCC(C)CCCC(C)C.CC(=CC=O)CCC[C@H](C)CCC[C@H](C)CCCC(C)C.COc1c(C)c(C)c(OC)c(Br)c1C.COc1c(C)c(C)c(OC)c(C(O)C=C(C)CCC[C@H](C)CCC[C@H](C)CCCC(C)C)c1C. The van der Waals surface area contributed by atoms with Crippen molar-refractivity contribution in [1.82, 2.24) is 0 Å². The van der Waals surface area contributed by atoms with Crippen molar-refractivity contribution >= 4 is 28.5 Å². The Morgan fingerprint density at radius 2 is 0.600 bits per heavy atom. The van der Waals surface area contributed by atoms with Gasteiger partial charge in [-0.3, -0.25) is 9.59 Å². The van der Waals surface area contributed by atoms with Crippen LogP contribution in [0.15, 0.2) is 39.4 Å². The first-order valence-corrected chi connectivity index (χ1v) is 36.9. The van der Waals surface area contributed by atoms with Crippen molar-refractivity contribution in [2.24, 2.45) is 53.3 Å². The quantitative estimate of drug-likeness (QED) is 0.0401. The second-order valence-corrected chi connectivity index (χ2v) is 30.2. The van der Waals surface area contributed by atoms with Crippen LogP contribution in [0.5, 0.6) is 23.0 Å². The Kier molecular flexibility index (Phi) is 52.2. The molecule has 3 unspecified atom stereocenters. The van der Waals surface area contributed by atoms with E-state index in [0.29, 0.717) is 0 Å². The van der Waals surface area contributed by atoms with Crippen molar-refractivity contribution in [2.75, 3.05) is 28.4 Å². The van der Waals surface area contributed by atoms with Crippen LogP contribution in [-0.4, -0.2) is 46.1 Å². The first-order valence-electron chi connectivity index (χ1n) is 36.1. The Morgan fingerprint density at radius 3 is 0.878 bits per heavy atom. The predicted molar refractivity (Wildman–Crippen MR) is 398 cm³/mol. The molecule has 0 bridgehead atoms. The van der Waals surface area contributed by atoms with Gasteiger partial charge in [-0.1, -0.05) is 241 Å². The fraction of sp³-hybridized carbons (Fsp3) is 0.756. The largest absolute Gasteiger partial charge is 0.496 e. The molecule has 0 spiro atoms. The van der Waals surface area contributed by atoms with E-state index in [1.54, 1.807) is 40.6 Å². The number of benzene rings is 2. The third-order valence-electron chi connectivity index (χ3n) is 19.0. The van der Waals surface area contributed by atoms with Crippen LogP contribution < -0.4 is 18.9 Å². The monoisotopic (exact) mass is 1320 g/mol. The van der Waals surface area contributed by atoms with E-state index >= 15 is 0 Å². The summed E-state index contributed by atoms with van der Waals surface area (Å²) in [5.41, 5.74) is 10.8. The molecule has 2 aromatic rings. The molecule has 0 saturated carbocycles. The van der Waals surface area contributed by atoms with Gasteiger partial charge in [0.15, 0.2) is 0 Å². The fourth-order valence-electron chi connectivity index (χ4n) is 12.6. The molecule has 90 heavy (non-hydrogen) atoms. The maximum atomic E-state index is 11.1. The Labute approximate surface area is 566 Å². The van der Waals surface area contributed by atoms with E-state index in [0.717, 1.165) is 152 Å². The third kappa shape index (κ3) is 40.7. The molecule has 0 aliphatic carbocycles. The summed E-state index contributed by atoms with van der Waals surface area (Å²) in [4.78, 5) is 20.7. The van der Waals surface area contributed by atoms with Crippen molar-refractivity contribution in [1.29, 1.82) is 0 Å². The van der Waals surface area contributed by atoms with Crippen molar-refractivity contribution in [3.8, 4) is 23.0 Å². The van der Waals surface area contributed by atoms with E-state index in [-0.39, 0.29) is 0 Å². The van der Waals surface area contributed by atoms with Crippen LogP contribution in [0.25, 0.3) is 0 Å². The van der Waals surface area contributed by atoms with Gasteiger partial charge in [0.25, 0.3) is 0 Å². The third-order valence-corrected chi connectivity index (χ3v) is 20.0. The van der Waals surface area contributed by atoms with Crippen LogP contribution in [0.1, 0.15) is 322 Å². The van der Waals surface area contributed by atoms with Crippen molar-refractivity contribution in [3.05, 3.63) is 78.4 Å². The molecule has 0 amide bonds. The van der Waals surface area contributed by atoms with E-state index in [9.17, 15) is 14.7 Å². The van der Waals surface area contributed by atoms with Crippen molar-refractivity contribution < 1.29 is 33.6 Å². The number of hydrogen-bond donors (Lipinski definition) is 1. The summed E-state index contributed by atoms with van der Waals surface area (Å²) in [6.07, 6.45) is 42.0. The number of aldehydes is 2. The number of methoxy groups -OCH3 is 4. The summed E-state index contributed by atoms with van der Waals surface area (Å²) < 4.78 is 23.0. The number of ether oxygens (including phenoxy) is 4. The molecule has 0 fully saturated rings. The molecule has 0 radical (unpaired) electrons. The summed E-state index contributed by atoms with van der Waals surface area (Å²) in [7, 11) is 6.73. The minimum absolute atomic E-state index is 0.697. The van der Waals surface area contributed by atoms with Crippen LogP contribution in [0.4, 0.5) is 0 Å². The van der Waals surface area contributed by atoms with Crippen LogP contribution in [0.3, 0.4) is 0 Å². The van der Waals surface area contributed by atoms with E-state index < -0.39 is 6.10 Å². The molecular formula is C82H145BrO7. The van der Waals surface area contributed by atoms with Crippen LogP contribution >= 0.6 is 15.9 Å². The number of allylic oxidation sites excluding steroid dienone is 5. The molecule has 0 saturated heterocycles. The molecule has 0 aliphatic heterocycles. The highest BCUT2D eigenvalue weighted by Crippen LogP contribution is 2.43. The van der Waals surface area contributed by atoms with Gasteiger partial charge in [0, 0.05) is 16.7 Å². The maximum Gasteiger partial charge on any atom is 0.142 e. The summed E-state index contributed by atoms with van der Waals surface area (Å²) in [5, 5.41) is 11.1. The van der Waals surface area contributed by atoms with E-state index in [1.807, 2.05) is 47.6 Å². The minimum Gasteiger partial charge on any atom is -0.496 e. The standard InChI is InChI=1S/C31H54O3.2C20H38O.C11H15BrO2/c1-21(2)14-11-15-22(3)16-12-17-23(4)18-13-19-24(5)20-28(32)29-27(8)30(33-9)25(6)26(7)31(29)34-10;2*1-17(2)9-6-10-18(3)11-7-12-19(4)13-8-14-20(5)15-16-21;1-6-7(2)11(14-5)9(12)8(3)10(6)13-4/h20-23,28,32H,11-19H2,1-10H3;2*15-19H,6-14H2,1-5H3;1-5H3/t22-,23-,28?;18-,19-;;/m11../s1. The van der Waals surface area contributed by atoms with Crippen LogP contribution in [-0.2, 0) is 9.59 Å². The molecule has 0 aromatic heterocycles. The second kappa shape index (κ2) is 53.0. The van der Waals surface area contributed by atoms with Crippen molar-refractivity contribution in [2.45, 2.75) is 325 Å². The average molecular weight is 1320 g/mol. The molecule has 7 atom stereocenters. The van der Waals surface area contributed by atoms with Gasteiger partial charge in [0.1, 0.15) is 41.7 Å². The van der Waals surface area contributed by atoms with E-state index in [4.69, 9.17) is 18.9 Å². The topological polar surface area (TPSA) is 91.3 Å².